The van der Waals surface area contributed by atoms with Gasteiger partial charge in [-0.2, -0.15) is 15.2 Å². The van der Waals surface area contributed by atoms with E-state index >= 15 is 0 Å². The molecule has 1 aliphatic heterocycles. The fraction of sp³-hybridized carbons (Fsp3) is 0.118. The number of carbonyl (C=O) groups excluding carboxylic acids is 2. The maximum Gasteiger partial charge on any atom is 0.282 e. The van der Waals surface area contributed by atoms with Crippen LogP contribution in [0.15, 0.2) is 69.9 Å². The van der Waals surface area contributed by atoms with E-state index in [0.29, 0.717) is 11.4 Å². The molecule has 1 atom stereocenters. The summed E-state index contributed by atoms with van der Waals surface area (Å²) in [5.74, 6) is -0.654. The van der Waals surface area contributed by atoms with E-state index in [4.69, 9.17) is 0 Å². The van der Waals surface area contributed by atoms with Gasteiger partial charge in [0.2, 0.25) is 11.9 Å². The van der Waals surface area contributed by atoms with E-state index in [1.54, 1.807) is 36.4 Å². The number of benzene rings is 2. The number of nitrogens with zero attached hydrogens (tertiary/aromatic N) is 4. The summed E-state index contributed by atoms with van der Waals surface area (Å²) < 4.78 is 0. The molecule has 0 bridgehead atoms. The highest BCUT2D eigenvalue weighted by Crippen LogP contribution is 2.23. The molecule has 1 unspecified atom stereocenters. The van der Waals surface area contributed by atoms with Crippen LogP contribution in [0.3, 0.4) is 0 Å². The minimum absolute atomic E-state index is 0.0378. The van der Waals surface area contributed by atoms with E-state index in [2.05, 4.69) is 20.6 Å². The molecule has 0 aromatic heterocycles. The van der Waals surface area contributed by atoms with Crippen LogP contribution in [0.25, 0.3) is 0 Å². The Morgan fingerprint density at radius 3 is 2.64 bits per heavy atom. The molecule has 0 spiro atoms. The molecule has 0 aliphatic carbocycles. The third kappa shape index (κ3) is 3.69. The fourth-order valence-corrected chi connectivity index (χ4v) is 2.26. The predicted molar refractivity (Wildman–Crippen MR) is 91.6 cm³/mol. The summed E-state index contributed by atoms with van der Waals surface area (Å²) in [5, 5.41) is 25.3. The fourth-order valence-electron chi connectivity index (χ4n) is 2.26. The lowest BCUT2D eigenvalue weighted by molar-refractivity contribution is -0.117. The maximum absolute atomic E-state index is 12.6. The molecular weight excluding hydrogens is 322 g/mol. The van der Waals surface area contributed by atoms with E-state index in [-0.39, 0.29) is 17.5 Å². The number of carbonyl (C=O) groups is 2. The largest absolute Gasteiger partial charge is 0.508 e. The second-order valence-corrected chi connectivity index (χ2v) is 5.29. The highest BCUT2D eigenvalue weighted by atomic mass is 16.3. The lowest BCUT2D eigenvalue weighted by atomic mass is 10.2. The number of hydrogen-bond donors (Lipinski definition) is 2. The molecule has 126 valence electrons. The van der Waals surface area contributed by atoms with Gasteiger partial charge >= 0.3 is 0 Å². The van der Waals surface area contributed by atoms with Crippen molar-refractivity contribution in [3.8, 4) is 5.75 Å². The summed E-state index contributed by atoms with van der Waals surface area (Å²) in [6, 6.07) is 13.9. The van der Waals surface area contributed by atoms with E-state index in [1.165, 1.54) is 24.1 Å². The summed E-state index contributed by atoms with van der Waals surface area (Å²) in [7, 11) is 0. The number of phenols is 1. The molecule has 1 heterocycles. The smallest absolute Gasteiger partial charge is 0.282 e. The second kappa shape index (κ2) is 6.91. The number of anilines is 1. The summed E-state index contributed by atoms with van der Waals surface area (Å²) >= 11 is 0. The molecular formula is C17H15N5O3. The van der Waals surface area contributed by atoms with Gasteiger partial charge in [-0.25, -0.2) is 0 Å². The molecule has 1 aliphatic rings. The minimum Gasteiger partial charge on any atom is -0.508 e. The standard InChI is InChI=1S/C17H15N5O3/c1-11(23)18-16-15(20-19-12-6-5-9-14(24)10-12)17(25)22(21-16)13-7-3-2-4-8-13/h2-10,15,24H,1H3,(H,18,21,23). The Bertz CT molecular complexity index is 864. The van der Waals surface area contributed by atoms with Gasteiger partial charge in [-0.05, 0) is 24.3 Å². The number of para-hydroxylation sites is 1. The normalized spacial score (nSPS) is 17.0. The van der Waals surface area contributed by atoms with Crippen molar-refractivity contribution in [3.63, 3.8) is 0 Å². The zero-order chi connectivity index (χ0) is 17.8. The van der Waals surface area contributed by atoms with Crippen LogP contribution >= 0.6 is 0 Å². The van der Waals surface area contributed by atoms with E-state index in [1.807, 2.05) is 6.07 Å². The molecule has 2 amide bonds. The topological polar surface area (TPSA) is 107 Å². The molecule has 2 aromatic carbocycles. The lowest BCUT2D eigenvalue weighted by Crippen LogP contribution is -2.38. The van der Waals surface area contributed by atoms with Crippen molar-refractivity contribution < 1.29 is 14.7 Å². The van der Waals surface area contributed by atoms with E-state index < -0.39 is 11.9 Å². The summed E-state index contributed by atoms with van der Waals surface area (Å²) in [6.07, 6.45) is 0. The molecule has 0 saturated heterocycles. The van der Waals surface area contributed by atoms with Crippen LogP contribution in [-0.2, 0) is 9.59 Å². The average molecular weight is 337 g/mol. The Kier molecular flexibility index (Phi) is 4.51. The molecule has 2 N–H and O–H groups in total. The highest BCUT2D eigenvalue weighted by molar-refractivity contribution is 6.21. The Balaban J connectivity index is 1.90. The number of amidine groups is 1. The molecule has 2 aromatic rings. The first kappa shape index (κ1) is 16.3. The monoisotopic (exact) mass is 337 g/mol. The first-order valence-electron chi connectivity index (χ1n) is 7.49. The quantitative estimate of drug-likeness (QED) is 0.839. The van der Waals surface area contributed by atoms with Gasteiger partial charge in [-0.15, -0.1) is 5.10 Å². The van der Waals surface area contributed by atoms with Crippen molar-refractivity contribution in [1.82, 2.24) is 5.32 Å². The van der Waals surface area contributed by atoms with E-state index in [0.717, 1.165) is 0 Å². The molecule has 3 rings (SSSR count). The van der Waals surface area contributed by atoms with Gasteiger partial charge in [0, 0.05) is 13.0 Å². The zero-order valence-corrected chi connectivity index (χ0v) is 13.3. The third-order valence-electron chi connectivity index (χ3n) is 3.33. The first-order chi connectivity index (χ1) is 12.0. The Labute approximate surface area is 143 Å². The SMILES string of the molecule is CC(=O)NC1=NN(c2ccccc2)C(=O)C1N=Nc1cccc(O)c1. The van der Waals surface area contributed by atoms with Crippen molar-refractivity contribution in [2.75, 3.05) is 5.01 Å². The molecule has 0 saturated carbocycles. The van der Waals surface area contributed by atoms with Crippen molar-refractivity contribution in [1.29, 1.82) is 0 Å². The van der Waals surface area contributed by atoms with E-state index in [9.17, 15) is 14.7 Å². The lowest BCUT2D eigenvalue weighted by Gasteiger charge is -2.11. The Hall–Kier alpha value is -3.55. The first-order valence-corrected chi connectivity index (χ1v) is 7.49. The number of hydrazone groups is 1. The number of aromatic hydroxyl groups is 1. The van der Waals surface area contributed by atoms with Gasteiger partial charge in [0.1, 0.15) is 5.75 Å². The van der Waals surface area contributed by atoms with Crippen LogP contribution < -0.4 is 10.3 Å². The average Bonchev–Trinajstić information content (AvgIpc) is 2.89. The molecule has 8 nitrogen and oxygen atoms in total. The zero-order valence-electron chi connectivity index (χ0n) is 13.3. The van der Waals surface area contributed by atoms with Crippen LogP contribution in [0.1, 0.15) is 6.92 Å². The number of azo groups is 1. The summed E-state index contributed by atoms with van der Waals surface area (Å²) in [6.45, 7) is 1.32. The number of phenolic OH excluding ortho intramolecular Hbond substituents is 1. The number of hydrogen-bond acceptors (Lipinski definition) is 6. The van der Waals surface area contributed by atoms with Crippen LogP contribution in [-0.4, -0.2) is 28.8 Å². The van der Waals surface area contributed by atoms with Gasteiger partial charge in [-0.1, -0.05) is 24.3 Å². The van der Waals surface area contributed by atoms with Gasteiger partial charge in [0.25, 0.3) is 5.91 Å². The van der Waals surface area contributed by atoms with Crippen LogP contribution in [0.4, 0.5) is 11.4 Å². The van der Waals surface area contributed by atoms with Crippen molar-refractivity contribution in [2.24, 2.45) is 15.3 Å². The van der Waals surface area contributed by atoms with Crippen LogP contribution in [0.5, 0.6) is 5.75 Å². The molecule has 0 fully saturated rings. The highest BCUT2D eigenvalue weighted by Gasteiger charge is 2.37. The summed E-state index contributed by atoms with van der Waals surface area (Å²) in [4.78, 5) is 24.0. The van der Waals surface area contributed by atoms with Crippen LogP contribution in [0, 0.1) is 0 Å². The Morgan fingerprint density at radius 1 is 1.20 bits per heavy atom. The van der Waals surface area contributed by atoms with Gasteiger partial charge in [0.15, 0.2) is 5.84 Å². The van der Waals surface area contributed by atoms with Gasteiger partial charge in [-0.3, -0.25) is 9.59 Å². The Morgan fingerprint density at radius 2 is 1.96 bits per heavy atom. The number of nitrogens with one attached hydrogen (secondary N) is 1. The predicted octanol–water partition coefficient (Wildman–Crippen LogP) is 2.34. The van der Waals surface area contributed by atoms with Crippen LogP contribution in [0.2, 0.25) is 0 Å². The second-order valence-electron chi connectivity index (χ2n) is 5.29. The van der Waals surface area contributed by atoms with Gasteiger partial charge < -0.3 is 10.4 Å². The van der Waals surface area contributed by atoms with Crippen molar-refractivity contribution >= 4 is 29.0 Å². The van der Waals surface area contributed by atoms with Crippen molar-refractivity contribution in [3.05, 3.63) is 54.6 Å². The number of rotatable bonds is 3. The van der Waals surface area contributed by atoms with Crippen molar-refractivity contribution in [2.45, 2.75) is 13.0 Å². The molecule has 8 heteroatoms. The number of amides is 2. The minimum atomic E-state index is -1.06. The van der Waals surface area contributed by atoms with Gasteiger partial charge in [0.05, 0.1) is 11.4 Å². The molecule has 25 heavy (non-hydrogen) atoms. The maximum atomic E-state index is 12.6. The summed E-state index contributed by atoms with van der Waals surface area (Å²) in [5.41, 5.74) is 0.943. The third-order valence-corrected chi connectivity index (χ3v) is 3.33. The molecule has 0 radical (unpaired) electrons.